The topological polar surface area (TPSA) is 46.9 Å². The molecule has 0 saturated carbocycles. The highest BCUT2D eigenvalue weighted by Crippen LogP contribution is 2.26. The summed E-state index contributed by atoms with van der Waals surface area (Å²) in [5.74, 6) is 0.0434. The van der Waals surface area contributed by atoms with E-state index in [0.717, 1.165) is 17.3 Å². The lowest BCUT2D eigenvalue weighted by atomic mass is 10.0. The van der Waals surface area contributed by atoms with Gasteiger partial charge in [0, 0.05) is 23.6 Å². The second kappa shape index (κ2) is 7.43. The number of amides is 1. The molecule has 0 aliphatic carbocycles. The highest BCUT2D eigenvalue weighted by atomic mass is 32.2. The molecule has 2 rings (SSSR count). The Balaban J connectivity index is 2.17. The lowest BCUT2D eigenvalue weighted by molar-refractivity contribution is -0.121. The molecule has 130 valence electrons. The number of nitrogens with zero attached hydrogens (tertiary/aromatic N) is 2. The number of aromatic nitrogens is 2. The third-order valence-corrected chi connectivity index (χ3v) is 5.17. The Morgan fingerprint density at radius 2 is 1.92 bits per heavy atom. The average Bonchev–Trinajstić information content (AvgIpc) is 2.94. The number of benzene rings is 1. The number of aryl methyl sites for hydroxylation is 2. The Morgan fingerprint density at radius 1 is 1.29 bits per heavy atom. The minimum absolute atomic E-state index is 0.0434. The number of carbonyl (C=O) groups is 1. The summed E-state index contributed by atoms with van der Waals surface area (Å²) in [4.78, 5) is 16.9. The molecular formula is C19H27N3OS. The Kier molecular flexibility index (Phi) is 5.75. The second-order valence-corrected chi connectivity index (χ2v) is 8.22. The fraction of sp³-hybridized carbons (Fsp3) is 0.474. The zero-order chi connectivity index (χ0) is 17.9. The van der Waals surface area contributed by atoms with Crippen LogP contribution in [0.5, 0.6) is 0 Å². The van der Waals surface area contributed by atoms with Crippen molar-refractivity contribution in [1.29, 1.82) is 0 Å². The first-order valence-electron chi connectivity index (χ1n) is 8.32. The molecule has 4 nitrogen and oxygen atoms in total. The van der Waals surface area contributed by atoms with Crippen molar-refractivity contribution >= 4 is 17.7 Å². The van der Waals surface area contributed by atoms with Gasteiger partial charge in [0.15, 0.2) is 5.16 Å². The highest BCUT2D eigenvalue weighted by Gasteiger charge is 2.23. The average molecular weight is 346 g/mol. The van der Waals surface area contributed by atoms with Crippen LogP contribution < -0.4 is 5.32 Å². The maximum Gasteiger partial charge on any atom is 0.233 e. The monoisotopic (exact) mass is 345 g/mol. The summed E-state index contributed by atoms with van der Waals surface area (Å²) >= 11 is 1.48. The van der Waals surface area contributed by atoms with Crippen molar-refractivity contribution in [3.05, 3.63) is 41.7 Å². The maximum absolute atomic E-state index is 12.4. The summed E-state index contributed by atoms with van der Waals surface area (Å²) in [7, 11) is 0. The van der Waals surface area contributed by atoms with Crippen LogP contribution in [0.15, 0.2) is 35.7 Å². The molecule has 1 heterocycles. The first kappa shape index (κ1) is 18.6. The van der Waals surface area contributed by atoms with Crippen molar-refractivity contribution in [3.63, 3.8) is 0 Å². The molecule has 2 aromatic rings. The van der Waals surface area contributed by atoms with Crippen molar-refractivity contribution in [2.45, 2.75) is 63.9 Å². The van der Waals surface area contributed by atoms with Crippen LogP contribution in [0, 0.1) is 13.8 Å². The molecule has 0 aliphatic heterocycles. The molecule has 0 aliphatic rings. The second-order valence-electron chi connectivity index (χ2n) is 6.91. The summed E-state index contributed by atoms with van der Waals surface area (Å²) in [6, 6.07) is 6.41. The Hall–Kier alpha value is -1.75. The normalized spacial score (nSPS) is 12.9. The van der Waals surface area contributed by atoms with E-state index in [2.05, 4.69) is 49.3 Å². The van der Waals surface area contributed by atoms with E-state index in [9.17, 15) is 4.79 Å². The number of hydrogen-bond acceptors (Lipinski definition) is 3. The maximum atomic E-state index is 12.4. The van der Waals surface area contributed by atoms with Crippen LogP contribution in [0.1, 0.15) is 45.2 Å². The van der Waals surface area contributed by atoms with Crippen LogP contribution >= 0.6 is 11.8 Å². The lowest BCUT2D eigenvalue weighted by Crippen LogP contribution is -2.46. The third-order valence-electron chi connectivity index (χ3n) is 4.09. The lowest BCUT2D eigenvalue weighted by Gasteiger charge is -2.26. The molecule has 1 atom stereocenters. The van der Waals surface area contributed by atoms with Gasteiger partial charge in [-0.15, -0.1) is 0 Å². The summed E-state index contributed by atoms with van der Waals surface area (Å²) in [5, 5.41) is 3.72. The van der Waals surface area contributed by atoms with Gasteiger partial charge in [0.2, 0.25) is 5.91 Å². The van der Waals surface area contributed by atoms with E-state index in [0.29, 0.717) is 0 Å². The number of imidazole rings is 1. The molecule has 1 amide bonds. The molecule has 0 radical (unpaired) electrons. The first-order valence-corrected chi connectivity index (χ1v) is 9.20. The van der Waals surface area contributed by atoms with Gasteiger partial charge in [-0.3, -0.25) is 9.36 Å². The van der Waals surface area contributed by atoms with Gasteiger partial charge >= 0.3 is 0 Å². The molecule has 1 aromatic carbocycles. The van der Waals surface area contributed by atoms with E-state index < -0.39 is 0 Å². The number of thioether (sulfide) groups is 1. The molecule has 1 N–H and O–H groups in total. The Bertz CT molecular complexity index is 701. The molecular weight excluding hydrogens is 318 g/mol. The molecule has 5 heteroatoms. The van der Waals surface area contributed by atoms with Gasteiger partial charge in [-0.05, 0) is 64.3 Å². The number of carbonyl (C=O) groups excluding carboxylic acids is 1. The van der Waals surface area contributed by atoms with Gasteiger partial charge < -0.3 is 5.32 Å². The van der Waals surface area contributed by atoms with E-state index in [1.54, 1.807) is 6.20 Å². The minimum atomic E-state index is -0.206. The van der Waals surface area contributed by atoms with Crippen LogP contribution in [0.3, 0.4) is 0 Å². The predicted molar refractivity (Wildman–Crippen MR) is 101 cm³/mol. The van der Waals surface area contributed by atoms with Crippen molar-refractivity contribution in [3.8, 4) is 5.69 Å². The summed E-state index contributed by atoms with van der Waals surface area (Å²) < 4.78 is 2.04. The smallest absolute Gasteiger partial charge is 0.233 e. The predicted octanol–water partition coefficient (Wildman–Crippen LogP) is 4.27. The van der Waals surface area contributed by atoms with E-state index in [1.807, 2.05) is 31.5 Å². The SMILES string of the molecule is CCC(C)(C)NC(=O)C(C)Sc1nccn1-c1cc(C)cc(C)c1. The summed E-state index contributed by atoms with van der Waals surface area (Å²) in [6.45, 7) is 12.3. The van der Waals surface area contributed by atoms with Crippen molar-refractivity contribution in [2.75, 3.05) is 0 Å². The Morgan fingerprint density at radius 3 is 2.50 bits per heavy atom. The van der Waals surface area contributed by atoms with E-state index in [-0.39, 0.29) is 16.7 Å². The van der Waals surface area contributed by atoms with E-state index >= 15 is 0 Å². The van der Waals surface area contributed by atoms with Crippen LogP contribution in [-0.4, -0.2) is 26.2 Å². The molecule has 1 aromatic heterocycles. The van der Waals surface area contributed by atoms with Gasteiger partial charge in [0.25, 0.3) is 0 Å². The number of nitrogens with one attached hydrogen (secondary N) is 1. The highest BCUT2D eigenvalue weighted by molar-refractivity contribution is 8.00. The Labute approximate surface area is 149 Å². The van der Waals surface area contributed by atoms with E-state index in [4.69, 9.17) is 0 Å². The van der Waals surface area contributed by atoms with E-state index in [1.165, 1.54) is 22.9 Å². The van der Waals surface area contributed by atoms with Gasteiger partial charge in [0.1, 0.15) is 0 Å². The van der Waals surface area contributed by atoms with Gasteiger partial charge in [-0.2, -0.15) is 0 Å². The molecule has 1 unspecified atom stereocenters. The minimum Gasteiger partial charge on any atom is -0.350 e. The van der Waals surface area contributed by atoms with Gasteiger partial charge in [-0.1, -0.05) is 24.8 Å². The van der Waals surface area contributed by atoms with Crippen LogP contribution in [0.25, 0.3) is 5.69 Å². The molecule has 24 heavy (non-hydrogen) atoms. The summed E-state index contributed by atoms with van der Waals surface area (Å²) in [5.41, 5.74) is 3.32. The van der Waals surface area contributed by atoms with Gasteiger partial charge in [0.05, 0.1) is 5.25 Å². The molecule has 0 spiro atoms. The third kappa shape index (κ3) is 4.63. The largest absolute Gasteiger partial charge is 0.350 e. The van der Waals surface area contributed by atoms with Crippen LogP contribution in [0.4, 0.5) is 0 Å². The molecule has 0 fully saturated rings. The van der Waals surface area contributed by atoms with Gasteiger partial charge in [-0.25, -0.2) is 4.98 Å². The fourth-order valence-corrected chi connectivity index (χ4v) is 3.28. The molecule has 0 saturated heterocycles. The quantitative estimate of drug-likeness (QED) is 0.795. The van der Waals surface area contributed by atoms with Crippen LogP contribution in [-0.2, 0) is 4.79 Å². The first-order chi connectivity index (χ1) is 11.2. The number of rotatable bonds is 6. The van der Waals surface area contributed by atoms with Crippen LogP contribution in [0.2, 0.25) is 0 Å². The van der Waals surface area contributed by atoms with Crippen molar-refractivity contribution in [2.24, 2.45) is 0 Å². The van der Waals surface area contributed by atoms with Crippen molar-refractivity contribution in [1.82, 2.24) is 14.9 Å². The zero-order valence-corrected chi connectivity index (χ0v) is 16.2. The standard InChI is InChI=1S/C19H27N3OS/c1-7-19(5,6)21-17(23)15(4)24-18-20-8-9-22(18)16-11-13(2)10-14(3)12-16/h8-12,15H,7H2,1-6H3,(H,21,23). The van der Waals surface area contributed by atoms with Crippen molar-refractivity contribution < 1.29 is 4.79 Å². The summed E-state index contributed by atoms with van der Waals surface area (Å²) in [6.07, 6.45) is 4.62. The zero-order valence-electron chi connectivity index (χ0n) is 15.4. The number of hydrogen-bond donors (Lipinski definition) is 1. The fourth-order valence-electron chi connectivity index (χ4n) is 2.40. The molecule has 0 bridgehead atoms.